The molecule has 0 radical (unpaired) electrons. The van der Waals surface area contributed by atoms with Crippen LogP contribution in [0.1, 0.15) is 6.92 Å². The van der Waals surface area contributed by atoms with Crippen molar-refractivity contribution in [3.8, 4) is 0 Å². The highest BCUT2D eigenvalue weighted by Crippen LogP contribution is 2.08. The van der Waals surface area contributed by atoms with Crippen molar-refractivity contribution in [1.82, 2.24) is 0 Å². The number of ether oxygens (including phenoxy) is 4. The van der Waals surface area contributed by atoms with Gasteiger partial charge in [-0.25, -0.2) is 9.59 Å². The van der Waals surface area contributed by atoms with Gasteiger partial charge in [0.15, 0.2) is 0 Å². The fourth-order valence-corrected chi connectivity index (χ4v) is 0.739. The summed E-state index contributed by atoms with van der Waals surface area (Å²) in [7, 11) is 1.55. The maximum absolute atomic E-state index is 10.6. The van der Waals surface area contributed by atoms with Gasteiger partial charge in [0.1, 0.15) is 19.3 Å². The molecule has 0 saturated carbocycles. The molecule has 0 spiro atoms. The van der Waals surface area contributed by atoms with Crippen LogP contribution >= 0.6 is 0 Å². The summed E-state index contributed by atoms with van der Waals surface area (Å²) in [5.74, 6) is -0.748. The van der Waals surface area contributed by atoms with E-state index in [-0.39, 0.29) is 18.0 Å². The summed E-state index contributed by atoms with van der Waals surface area (Å²) in [4.78, 5) is 21.0. The number of carbonyl (C=O) groups is 2. The zero-order chi connectivity index (χ0) is 14.7. The number of epoxide rings is 1. The van der Waals surface area contributed by atoms with E-state index in [9.17, 15) is 9.59 Å². The maximum Gasteiger partial charge on any atom is 0.333 e. The first-order valence-corrected chi connectivity index (χ1v) is 5.73. The summed E-state index contributed by atoms with van der Waals surface area (Å²) in [5, 5.41) is 0. The Balaban J connectivity index is 0.000000342. The van der Waals surface area contributed by atoms with Crippen LogP contribution in [-0.2, 0) is 28.5 Å². The average Bonchev–Trinajstić information content (AvgIpc) is 3.20. The Hall–Kier alpha value is -1.66. The van der Waals surface area contributed by atoms with Gasteiger partial charge >= 0.3 is 11.9 Å². The van der Waals surface area contributed by atoms with Gasteiger partial charge in [-0.3, -0.25) is 0 Å². The van der Waals surface area contributed by atoms with E-state index in [0.29, 0.717) is 32.0 Å². The second kappa shape index (κ2) is 10.3. The van der Waals surface area contributed by atoms with Crippen molar-refractivity contribution >= 4 is 11.9 Å². The first kappa shape index (κ1) is 17.3. The van der Waals surface area contributed by atoms with Gasteiger partial charge in [-0.2, -0.15) is 0 Å². The lowest BCUT2D eigenvalue weighted by atomic mass is 10.4. The molecule has 0 aromatic heterocycles. The van der Waals surface area contributed by atoms with Crippen LogP contribution in [0, 0.1) is 0 Å². The summed E-state index contributed by atoms with van der Waals surface area (Å²) in [6, 6.07) is 0. The van der Waals surface area contributed by atoms with Crippen molar-refractivity contribution in [2.24, 2.45) is 0 Å². The molecule has 1 rings (SSSR count). The summed E-state index contributed by atoms with van der Waals surface area (Å²) < 4.78 is 18.8. The highest BCUT2D eigenvalue weighted by atomic mass is 16.6. The van der Waals surface area contributed by atoms with Gasteiger partial charge in [-0.15, -0.1) is 0 Å². The number of esters is 2. The molecule has 0 aromatic rings. The molecule has 1 fully saturated rings. The van der Waals surface area contributed by atoms with E-state index in [1.165, 1.54) is 0 Å². The lowest BCUT2D eigenvalue weighted by Crippen LogP contribution is -2.09. The van der Waals surface area contributed by atoms with Crippen LogP contribution in [0.2, 0.25) is 0 Å². The molecule has 0 bridgehead atoms. The van der Waals surface area contributed by atoms with E-state index in [0.717, 1.165) is 6.08 Å². The minimum atomic E-state index is -0.384. The van der Waals surface area contributed by atoms with E-state index in [4.69, 9.17) is 4.74 Å². The van der Waals surface area contributed by atoms with Gasteiger partial charge < -0.3 is 18.9 Å². The van der Waals surface area contributed by atoms with Crippen molar-refractivity contribution in [1.29, 1.82) is 0 Å². The lowest BCUT2D eigenvalue weighted by Gasteiger charge is -2.01. The van der Waals surface area contributed by atoms with Crippen molar-refractivity contribution in [2.75, 3.05) is 33.5 Å². The van der Waals surface area contributed by atoms with Crippen LogP contribution in [0.3, 0.4) is 0 Å². The van der Waals surface area contributed by atoms with E-state index < -0.39 is 0 Å². The van der Waals surface area contributed by atoms with E-state index in [1.807, 2.05) is 0 Å². The molecule has 6 nitrogen and oxygen atoms in total. The molecule has 19 heavy (non-hydrogen) atoms. The Kier molecular flexibility index (Phi) is 9.38. The number of carbonyl (C=O) groups excluding carboxylic acids is 2. The highest BCUT2D eigenvalue weighted by molar-refractivity contribution is 5.86. The maximum atomic E-state index is 10.6. The van der Waals surface area contributed by atoms with Gasteiger partial charge in [0.05, 0.1) is 13.2 Å². The van der Waals surface area contributed by atoms with Gasteiger partial charge in [0, 0.05) is 18.8 Å². The molecule has 1 atom stereocenters. The van der Waals surface area contributed by atoms with Gasteiger partial charge in [0.25, 0.3) is 0 Å². The minimum Gasteiger partial charge on any atom is -0.460 e. The SMILES string of the molecule is C=C(C)C(=O)OCCOC.C=CC(=O)OCC1CO1. The molecule has 0 amide bonds. The second-order valence-corrected chi connectivity index (χ2v) is 3.70. The summed E-state index contributed by atoms with van der Waals surface area (Å²) in [6.07, 6.45) is 1.29. The van der Waals surface area contributed by atoms with E-state index in [1.54, 1.807) is 14.0 Å². The molecular weight excluding hydrogens is 252 g/mol. The number of rotatable bonds is 7. The summed E-state index contributed by atoms with van der Waals surface area (Å²) in [5.41, 5.74) is 0.413. The van der Waals surface area contributed by atoms with Gasteiger partial charge in [-0.05, 0) is 6.92 Å². The van der Waals surface area contributed by atoms with Crippen molar-refractivity contribution < 1.29 is 28.5 Å². The summed E-state index contributed by atoms with van der Waals surface area (Å²) >= 11 is 0. The van der Waals surface area contributed by atoms with Crippen LogP contribution < -0.4 is 0 Å². The first-order valence-electron chi connectivity index (χ1n) is 5.73. The van der Waals surface area contributed by atoms with Crippen LogP contribution in [0.25, 0.3) is 0 Å². The molecule has 1 unspecified atom stereocenters. The first-order chi connectivity index (χ1) is 9.01. The molecule has 0 N–H and O–H groups in total. The normalized spacial score (nSPS) is 15.6. The molecule has 1 aliphatic rings. The number of hydrogen-bond acceptors (Lipinski definition) is 6. The Morgan fingerprint density at radius 2 is 2.00 bits per heavy atom. The monoisotopic (exact) mass is 272 g/mol. The summed E-state index contributed by atoms with van der Waals surface area (Å²) in [6.45, 7) is 10.1. The fourth-order valence-electron chi connectivity index (χ4n) is 0.739. The van der Waals surface area contributed by atoms with Crippen molar-refractivity contribution in [2.45, 2.75) is 13.0 Å². The Bertz CT molecular complexity index is 319. The third-order valence-corrected chi connectivity index (χ3v) is 1.85. The molecule has 1 aliphatic heterocycles. The highest BCUT2D eigenvalue weighted by Gasteiger charge is 2.23. The number of methoxy groups -OCH3 is 1. The van der Waals surface area contributed by atoms with Gasteiger partial charge in [0.2, 0.25) is 0 Å². The predicted octanol–water partition coefficient (Wildman–Crippen LogP) is 0.866. The van der Waals surface area contributed by atoms with Crippen LogP contribution in [0.4, 0.5) is 0 Å². The predicted molar refractivity (Wildman–Crippen MR) is 68.5 cm³/mol. The molecule has 108 valence electrons. The zero-order valence-electron chi connectivity index (χ0n) is 11.3. The molecule has 1 heterocycles. The van der Waals surface area contributed by atoms with Crippen molar-refractivity contribution in [3.05, 3.63) is 24.8 Å². The Morgan fingerprint density at radius 1 is 1.37 bits per heavy atom. The molecule has 0 aliphatic carbocycles. The van der Waals surface area contributed by atoms with E-state index in [2.05, 4.69) is 27.4 Å². The molecule has 0 aromatic carbocycles. The Morgan fingerprint density at radius 3 is 2.42 bits per heavy atom. The van der Waals surface area contributed by atoms with Gasteiger partial charge in [-0.1, -0.05) is 13.2 Å². The largest absolute Gasteiger partial charge is 0.460 e. The topological polar surface area (TPSA) is 74.4 Å². The van der Waals surface area contributed by atoms with E-state index >= 15 is 0 Å². The molecule has 1 saturated heterocycles. The number of hydrogen-bond donors (Lipinski definition) is 0. The Labute approximate surface area is 113 Å². The average molecular weight is 272 g/mol. The molecular formula is C13H20O6. The molecule has 6 heteroatoms. The van der Waals surface area contributed by atoms with Crippen LogP contribution in [0.15, 0.2) is 24.8 Å². The zero-order valence-corrected chi connectivity index (χ0v) is 11.3. The standard InChI is InChI=1S/C7H12O3.C6H8O3/c1-6(2)7(8)10-5-4-9-3;1-2-6(7)9-4-5-3-8-5/h1,4-5H2,2-3H3;2,5H,1,3-4H2. The fraction of sp³-hybridized carbons (Fsp3) is 0.538. The van der Waals surface area contributed by atoms with Crippen LogP contribution in [-0.4, -0.2) is 51.6 Å². The second-order valence-electron chi connectivity index (χ2n) is 3.70. The van der Waals surface area contributed by atoms with Crippen molar-refractivity contribution in [3.63, 3.8) is 0 Å². The van der Waals surface area contributed by atoms with Crippen LogP contribution in [0.5, 0.6) is 0 Å². The smallest absolute Gasteiger partial charge is 0.333 e. The third-order valence-electron chi connectivity index (χ3n) is 1.85. The minimum absolute atomic E-state index is 0.147. The third kappa shape index (κ3) is 11.2. The lowest BCUT2D eigenvalue weighted by molar-refractivity contribution is -0.140. The quantitative estimate of drug-likeness (QED) is 0.296.